The largest absolute Gasteiger partial charge is 0.465 e. The lowest BCUT2D eigenvalue weighted by molar-refractivity contribution is -0.119. The van der Waals surface area contributed by atoms with E-state index in [4.69, 9.17) is 4.74 Å². The zero-order valence-electron chi connectivity index (χ0n) is 14.3. The first-order valence-electron chi connectivity index (χ1n) is 7.64. The molecule has 0 saturated carbocycles. The van der Waals surface area contributed by atoms with Crippen LogP contribution in [0.25, 0.3) is 0 Å². The van der Waals surface area contributed by atoms with Crippen molar-refractivity contribution in [2.45, 2.75) is 13.8 Å². The number of rotatable bonds is 5. The Kier molecular flexibility index (Phi) is 5.89. The van der Waals surface area contributed by atoms with Crippen molar-refractivity contribution in [2.24, 2.45) is 0 Å². The van der Waals surface area contributed by atoms with E-state index >= 15 is 0 Å². The maximum absolute atomic E-state index is 12.0. The van der Waals surface area contributed by atoms with Crippen molar-refractivity contribution in [3.8, 4) is 0 Å². The maximum Gasteiger partial charge on any atom is 0.338 e. The van der Waals surface area contributed by atoms with Crippen molar-refractivity contribution in [1.29, 1.82) is 0 Å². The van der Waals surface area contributed by atoms with E-state index in [0.717, 1.165) is 11.1 Å². The third kappa shape index (κ3) is 4.67. The average molecular weight is 341 g/mol. The Hall–Kier alpha value is -3.15. The fraction of sp³-hybridized carbons (Fsp3) is 0.211. The van der Waals surface area contributed by atoms with Gasteiger partial charge in [0.15, 0.2) is 6.61 Å². The van der Waals surface area contributed by atoms with E-state index in [1.807, 2.05) is 26.0 Å². The van der Waals surface area contributed by atoms with Gasteiger partial charge in [-0.15, -0.1) is 0 Å². The maximum atomic E-state index is 12.0. The smallest absolute Gasteiger partial charge is 0.338 e. The van der Waals surface area contributed by atoms with Crippen LogP contribution in [0.4, 0.5) is 5.69 Å². The Labute approximate surface area is 145 Å². The predicted octanol–water partition coefficient (Wildman–Crippen LogP) is 2.89. The van der Waals surface area contributed by atoms with Crippen LogP contribution < -0.4 is 5.32 Å². The summed E-state index contributed by atoms with van der Waals surface area (Å²) in [4.78, 5) is 35.5. The standard InChI is InChI=1S/C19H19NO5/c1-12-6-4-9-16(13(12)2)20-17(21)11-25-19(23)15-8-5-7-14(10-15)18(22)24-3/h4-10H,11H2,1-3H3,(H,20,21). The summed E-state index contributed by atoms with van der Waals surface area (Å²) >= 11 is 0. The van der Waals surface area contributed by atoms with Crippen LogP contribution in [-0.2, 0) is 14.3 Å². The lowest BCUT2D eigenvalue weighted by Gasteiger charge is -2.10. The quantitative estimate of drug-likeness (QED) is 0.846. The Morgan fingerprint density at radius 1 is 0.960 bits per heavy atom. The molecule has 0 radical (unpaired) electrons. The van der Waals surface area contributed by atoms with Crippen molar-refractivity contribution in [2.75, 3.05) is 19.0 Å². The lowest BCUT2D eigenvalue weighted by Crippen LogP contribution is -2.21. The summed E-state index contributed by atoms with van der Waals surface area (Å²) in [6, 6.07) is 11.5. The second-order valence-corrected chi connectivity index (χ2v) is 5.44. The molecule has 2 aromatic rings. The van der Waals surface area contributed by atoms with Crippen LogP contribution in [0.2, 0.25) is 0 Å². The van der Waals surface area contributed by atoms with Crippen LogP contribution in [0, 0.1) is 13.8 Å². The van der Waals surface area contributed by atoms with Crippen molar-refractivity contribution in [3.63, 3.8) is 0 Å². The highest BCUT2D eigenvalue weighted by atomic mass is 16.5. The Morgan fingerprint density at radius 2 is 1.60 bits per heavy atom. The minimum Gasteiger partial charge on any atom is -0.465 e. The van der Waals surface area contributed by atoms with Crippen LogP contribution >= 0.6 is 0 Å². The van der Waals surface area contributed by atoms with Gasteiger partial charge in [-0.1, -0.05) is 18.2 Å². The van der Waals surface area contributed by atoms with E-state index in [1.165, 1.54) is 25.3 Å². The van der Waals surface area contributed by atoms with Crippen LogP contribution in [-0.4, -0.2) is 31.6 Å². The first kappa shape index (κ1) is 18.2. The van der Waals surface area contributed by atoms with E-state index in [-0.39, 0.29) is 11.1 Å². The number of carbonyl (C=O) groups is 3. The highest BCUT2D eigenvalue weighted by Crippen LogP contribution is 2.17. The number of ether oxygens (including phenoxy) is 2. The van der Waals surface area contributed by atoms with Gasteiger partial charge in [-0.2, -0.15) is 0 Å². The zero-order chi connectivity index (χ0) is 18.4. The molecule has 0 aromatic heterocycles. The first-order chi connectivity index (χ1) is 11.9. The van der Waals surface area contributed by atoms with Crippen molar-refractivity contribution < 1.29 is 23.9 Å². The molecule has 130 valence electrons. The summed E-state index contributed by atoms with van der Waals surface area (Å²) in [7, 11) is 1.25. The number of amides is 1. The van der Waals surface area contributed by atoms with Gasteiger partial charge in [-0.05, 0) is 49.2 Å². The number of carbonyl (C=O) groups excluding carboxylic acids is 3. The second-order valence-electron chi connectivity index (χ2n) is 5.44. The molecule has 2 aromatic carbocycles. The van der Waals surface area contributed by atoms with Gasteiger partial charge >= 0.3 is 11.9 Å². The SMILES string of the molecule is COC(=O)c1cccc(C(=O)OCC(=O)Nc2cccc(C)c2C)c1. The van der Waals surface area contributed by atoms with Crippen LogP contribution in [0.1, 0.15) is 31.8 Å². The van der Waals surface area contributed by atoms with Crippen LogP contribution in [0.15, 0.2) is 42.5 Å². The number of esters is 2. The molecular formula is C19H19NO5. The van der Waals surface area contributed by atoms with E-state index < -0.39 is 24.5 Å². The third-order valence-electron chi connectivity index (χ3n) is 3.73. The molecule has 0 saturated heterocycles. The highest BCUT2D eigenvalue weighted by molar-refractivity contribution is 5.97. The molecule has 0 atom stereocenters. The summed E-state index contributed by atoms with van der Waals surface area (Å²) in [5.41, 5.74) is 3.08. The molecule has 0 heterocycles. The molecule has 0 aliphatic carbocycles. The second kappa shape index (κ2) is 8.10. The molecule has 0 spiro atoms. The van der Waals surface area contributed by atoms with Crippen molar-refractivity contribution in [3.05, 3.63) is 64.7 Å². The van der Waals surface area contributed by atoms with Gasteiger partial charge in [0.25, 0.3) is 5.91 Å². The number of hydrogen-bond acceptors (Lipinski definition) is 5. The summed E-state index contributed by atoms with van der Waals surface area (Å²) < 4.78 is 9.60. The number of nitrogens with one attached hydrogen (secondary N) is 1. The van der Waals surface area contributed by atoms with Crippen LogP contribution in [0.3, 0.4) is 0 Å². The van der Waals surface area contributed by atoms with Gasteiger partial charge in [-0.25, -0.2) is 9.59 Å². The van der Waals surface area contributed by atoms with Gasteiger partial charge in [0.05, 0.1) is 18.2 Å². The molecule has 0 unspecified atom stereocenters. The van der Waals surface area contributed by atoms with Gasteiger partial charge in [0, 0.05) is 5.69 Å². The lowest BCUT2D eigenvalue weighted by atomic mass is 10.1. The molecule has 2 rings (SSSR count). The summed E-state index contributed by atoms with van der Waals surface area (Å²) in [6.07, 6.45) is 0. The number of methoxy groups -OCH3 is 1. The number of aryl methyl sites for hydroxylation is 1. The topological polar surface area (TPSA) is 81.7 Å². The zero-order valence-corrected chi connectivity index (χ0v) is 14.3. The minimum absolute atomic E-state index is 0.169. The van der Waals surface area contributed by atoms with E-state index in [9.17, 15) is 14.4 Å². The molecule has 0 fully saturated rings. The van der Waals surface area contributed by atoms with Gasteiger partial charge in [0.2, 0.25) is 0 Å². The van der Waals surface area contributed by atoms with Gasteiger partial charge < -0.3 is 14.8 Å². The Bertz CT molecular complexity index is 813. The number of hydrogen-bond donors (Lipinski definition) is 1. The molecule has 0 aliphatic rings. The highest BCUT2D eigenvalue weighted by Gasteiger charge is 2.14. The molecule has 25 heavy (non-hydrogen) atoms. The molecule has 6 heteroatoms. The monoisotopic (exact) mass is 341 g/mol. The Balaban J connectivity index is 1.96. The number of benzene rings is 2. The molecule has 1 N–H and O–H groups in total. The Morgan fingerprint density at radius 3 is 2.28 bits per heavy atom. The van der Waals surface area contributed by atoms with E-state index in [2.05, 4.69) is 10.1 Å². The van der Waals surface area contributed by atoms with E-state index in [1.54, 1.807) is 12.1 Å². The van der Waals surface area contributed by atoms with Gasteiger partial charge in [0.1, 0.15) is 0 Å². The van der Waals surface area contributed by atoms with Crippen LogP contribution in [0.5, 0.6) is 0 Å². The normalized spacial score (nSPS) is 10.0. The molecule has 0 bridgehead atoms. The minimum atomic E-state index is -0.693. The fourth-order valence-electron chi connectivity index (χ4n) is 2.18. The third-order valence-corrected chi connectivity index (χ3v) is 3.73. The van der Waals surface area contributed by atoms with Gasteiger partial charge in [-0.3, -0.25) is 4.79 Å². The molecule has 0 aliphatic heterocycles. The number of anilines is 1. The first-order valence-corrected chi connectivity index (χ1v) is 7.64. The molecule has 6 nitrogen and oxygen atoms in total. The molecular weight excluding hydrogens is 322 g/mol. The summed E-state index contributed by atoms with van der Waals surface area (Å²) in [5, 5.41) is 2.71. The fourth-order valence-corrected chi connectivity index (χ4v) is 2.18. The predicted molar refractivity (Wildman–Crippen MR) is 92.6 cm³/mol. The molecule has 1 amide bonds. The summed E-state index contributed by atoms with van der Waals surface area (Å²) in [6.45, 7) is 3.42. The van der Waals surface area contributed by atoms with E-state index in [0.29, 0.717) is 5.69 Å². The average Bonchev–Trinajstić information content (AvgIpc) is 2.63. The van der Waals surface area contributed by atoms with Crippen molar-refractivity contribution in [1.82, 2.24) is 0 Å². The van der Waals surface area contributed by atoms with Crippen molar-refractivity contribution >= 4 is 23.5 Å². The summed E-state index contributed by atoms with van der Waals surface area (Å²) in [5.74, 6) is -1.68.